The van der Waals surface area contributed by atoms with Gasteiger partial charge in [-0.05, 0) is 44.9 Å². The number of unbranched alkanes of at least 4 members (excludes halogenated alkanes) is 1. The molecule has 0 bridgehead atoms. The van der Waals surface area contributed by atoms with Crippen LogP contribution in [0, 0.1) is 0 Å². The summed E-state index contributed by atoms with van der Waals surface area (Å²) in [5.74, 6) is 0. The number of nitrogen functional groups attached to an aromatic ring is 1. The van der Waals surface area contributed by atoms with Gasteiger partial charge >= 0.3 is 0 Å². The highest BCUT2D eigenvalue weighted by molar-refractivity contribution is 5.46. The summed E-state index contributed by atoms with van der Waals surface area (Å²) >= 11 is 0. The van der Waals surface area contributed by atoms with Crippen LogP contribution < -0.4 is 5.73 Å². The minimum absolute atomic E-state index is 0.534. The summed E-state index contributed by atoms with van der Waals surface area (Å²) in [5, 5.41) is 0. The maximum absolute atomic E-state index is 6.00. The third-order valence-electron chi connectivity index (χ3n) is 3.20. The number of nitrogens with zero attached hydrogens (tertiary/aromatic N) is 1. The van der Waals surface area contributed by atoms with Crippen LogP contribution in [0.2, 0.25) is 0 Å². The van der Waals surface area contributed by atoms with Crippen molar-refractivity contribution in [2.24, 2.45) is 0 Å². The van der Waals surface area contributed by atoms with Crippen LogP contribution in [0.5, 0.6) is 0 Å². The third-order valence-corrected chi connectivity index (χ3v) is 3.20. The number of methoxy groups -OCH3 is 1. The van der Waals surface area contributed by atoms with Crippen molar-refractivity contribution in [2.75, 3.05) is 26.0 Å². The Bertz CT molecular complexity index is 339. The molecule has 0 aromatic heterocycles. The largest absolute Gasteiger partial charge is 0.398 e. The fourth-order valence-electron chi connectivity index (χ4n) is 1.98. The second kappa shape index (κ2) is 8.11. The van der Waals surface area contributed by atoms with Gasteiger partial charge in [-0.2, -0.15) is 0 Å². The summed E-state index contributed by atoms with van der Waals surface area (Å²) in [6.45, 7) is 7.33. The van der Waals surface area contributed by atoms with Crippen molar-refractivity contribution in [1.82, 2.24) is 4.90 Å². The Morgan fingerprint density at radius 2 is 1.94 bits per heavy atom. The van der Waals surface area contributed by atoms with Gasteiger partial charge in [0.1, 0.15) is 0 Å². The van der Waals surface area contributed by atoms with Gasteiger partial charge in [-0.15, -0.1) is 0 Å². The first kappa shape index (κ1) is 15.0. The highest BCUT2D eigenvalue weighted by Crippen LogP contribution is 2.15. The maximum Gasteiger partial charge on any atom is 0.0462 e. The molecule has 0 saturated carbocycles. The summed E-state index contributed by atoms with van der Waals surface area (Å²) in [7, 11) is 1.75. The van der Waals surface area contributed by atoms with E-state index in [0.29, 0.717) is 6.04 Å². The minimum Gasteiger partial charge on any atom is -0.398 e. The van der Waals surface area contributed by atoms with Crippen molar-refractivity contribution in [2.45, 2.75) is 39.3 Å². The first-order valence-corrected chi connectivity index (χ1v) is 6.71. The highest BCUT2D eigenvalue weighted by atomic mass is 16.5. The molecule has 0 saturated heterocycles. The Hall–Kier alpha value is -1.06. The van der Waals surface area contributed by atoms with E-state index in [-0.39, 0.29) is 0 Å². The summed E-state index contributed by atoms with van der Waals surface area (Å²) in [6, 6.07) is 8.65. The van der Waals surface area contributed by atoms with E-state index in [9.17, 15) is 0 Å². The van der Waals surface area contributed by atoms with Crippen molar-refractivity contribution >= 4 is 5.69 Å². The molecule has 0 fully saturated rings. The molecule has 2 N–H and O–H groups in total. The monoisotopic (exact) mass is 250 g/mol. The van der Waals surface area contributed by atoms with E-state index in [1.165, 1.54) is 12.0 Å². The summed E-state index contributed by atoms with van der Waals surface area (Å²) < 4.78 is 5.08. The Labute approximate surface area is 111 Å². The van der Waals surface area contributed by atoms with Crippen LogP contribution in [0.4, 0.5) is 5.69 Å². The highest BCUT2D eigenvalue weighted by Gasteiger charge is 2.11. The lowest BCUT2D eigenvalue weighted by Crippen LogP contribution is -2.31. The molecule has 3 heteroatoms. The van der Waals surface area contributed by atoms with Crippen molar-refractivity contribution < 1.29 is 4.74 Å². The molecule has 1 aromatic rings. The van der Waals surface area contributed by atoms with Crippen LogP contribution in [-0.2, 0) is 11.3 Å². The average molecular weight is 250 g/mol. The second-order valence-electron chi connectivity index (χ2n) is 4.96. The first-order chi connectivity index (χ1) is 8.65. The fraction of sp³-hybridized carbons (Fsp3) is 0.600. The SMILES string of the molecule is COCCCCN(Cc1ccccc1N)C(C)C. The van der Waals surface area contributed by atoms with Gasteiger partial charge in [0.2, 0.25) is 0 Å². The predicted molar refractivity (Wildman–Crippen MR) is 77.5 cm³/mol. The topological polar surface area (TPSA) is 38.5 Å². The summed E-state index contributed by atoms with van der Waals surface area (Å²) in [5.41, 5.74) is 8.11. The number of para-hydroxylation sites is 1. The van der Waals surface area contributed by atoms with Crippen LogP contribution in [0.25, 0.3) is 0 Å². The summed E-state index contributed by atoms with van der Waals surface area (Å²) in [6.07, 6.45) is 2.28. The zero-order valence-electron chi connectivity index (χ0n) is 11.9. The van der Waals surface area contributed by atoms with Crippen LogP contribution in [-0.4, -0.2) is 31.2 Å². The van der Waals surface area contributed by atoms with Crippen LogP contribution >= 0.6 is 0 Å². The van der Waals surface area contributed by atoms with Gasteiger partial charge in [0, 0.05) is 32.0 Å². The molecule has 0 heterocycles. The molecule has 1 rings (SSSR count). The van der Waals surface area contributed by atoms with Crippen LogP contribution in [0.3, 0.4) is 0 Å². The Morgan fingerprint density at radius 1 is 1.22 bits per heavy atom. The zero-order valence-corrected chi connectivity index (χ0v) is 11.9. The maximum atomic E-state index is 6.00. The van der Waals surface area contributed by atoms with E-state index in [0.717, 1.165) is 31.8 Å². The fourth-order valence-corrected chi connectivity index (χ4v) is 1.98. The average Bonchev–Trinajstić information content (AvgIpc) is 2.35. The number of hydrogen-bond donors (Lipinski definition) is 1. The number of ether oxygens (including phenoxy) is 1. The number of rotatable bonds is 8. The Kier molecular flexibility index (Phi) is 6.76. The number of nitrogens with two attached hydrogens (primary N) is 1. The van der Waals surface area contributed by atoms with Crippen molar-refractivity contribution in [3.8, 4) is 0 Å². The van der Waals surface area contributed by atoms with Gasteiger partial charge in [0.05, 0.1) is 0 Å². The predicted octanol–water partition coefficient (Wildman–Crippen LogP) is 2.91. The summed E-state index contributed by atoms with van der Waals surface area (Å²) in [4.78, 5) is 2.46. The molecule has 18 heavy (non-hydrogen) atoms. The van der Waals surface area contributed by atoms with E-state index in [1.54, 1.807) is 7.11 Å². The zero-order chi connectivity index (χ0) is 13.4. The van der Waals surface area contributed by atoms with Gasteiger partial charge in [0.15, 0.2) is 0 Å². The molecule has 0 amide bonds. The molecule has 0 unspecified atom stereocenters. The first-order valence-electron chi connectivity index (χ1n) is 6.71. The normalized spacial score (nSPS) is 11.4. The number of anilines is 1. The molecular formula is C15H26N2O. The second-order valence-corrected chi connectivity index (χ2v) is 4.96. The van der Waals surface area contributed by atoms with Crippen LogP contribution in [0.1, 0.15) is 32.3 Å². The molecule has 0 radical (unpaired) electrons. The van der Waals surface area contributed by atoms with Crippen LogP contribution in [0.15, 0.2) is 24.3 Å². The van der Waals surface area contributed by atoms with E-state index in [4.69, 9.17) is 10.5 Å². The van der Waals surface area contributed by atoms with E-state index >= 15 is 0 Å². The lowest BCUT2D eigenvalue weighted by Gasteiger charge is -2.27. The van der Waals surface area contributed by atoms with Gasteiger partial charge in [0.25, 0.3) is 0 Å². The molecule has 0 aliphatic rings. The molecule has 0 atom stereocenters. The van der Waals surface area contributed by atoms with Gasteiger partial charge in [-0.1, -0.05) is 18.2 Å². The third kappa shape index (κ3) is 5.07. The minimum atomic E-state index is 0.534. The molecular weight excluding hydrogens is 224 g/mol. The smallest absolute Gasteiger partial charge is 0.0462 e. The molecule has 0 spiro atoms. The molecule has 3 nitrogen and oxygen atoms in total. The molecule has 0 aliphatic heterocycles. The van der Waals surface area contributed by atoms with E-state index in [2.05, 4.69) is 30.9 Å². The van der Waals surface area contributed by atoms with Crippen molar-refractivity contribution in [3.63, 3.8) is 0 Å². The number of hydrogen-bond acceptors (Lipinski definition) is 3. The van der Waals surface area contributed by atoms with Crippen molar-refractivity contribution in [1.29, 1.82) is 0 Å². The Morgan fingerprint density at radius 3 is 2.56 bits per heavy atom. The van der Waals surface area contributed by atoms with Crippen molar-refractivity contribution in [3.05, 3.63) is 29.8 Å². The molecule has 0 aliphatic carbocycles. The van der Waals surface area contributed by atoms with Gasteiger partial charge < -0.3 is 10.5 Å². The van der Waals surface area contributed by atoms with E-state index < -0.39 is 0 Å². The Balaban J connectivity index is 2.50. The standard InChI is InChI=1S/C15H26N2O/c1-13(2)17(10-6-7-11-18-3)12-14-8-4-5-9-15(14)16/h4-5,8-9,13H,6-7,10-12,16H2,1-3H3. The van der Waals surface area contributed by atoms with E-state index in [1.807, 2.05) is 12.1 Å². The molecule has 1 aromatic carbocycles. The molecule has 102 valence electrons. The lowest BCUT2D eigenvalue weighted by atomic mass is 10.1. The quantitative estimate of drug-likeness (QED) is 0.569. The van der Waals surface area contributed by atoms with Gasteiger partial charge in [-0.25, -0.2) is 0 Å². The lowest BCUT2D eigenvalue weighted by molar-refractivity contribution is 0.171. The number of benzene rings is 1. The van der Waals surface area contributed by atoms with Gasteiger partial charge in [-0.3, -0.25) is 4.90 Å².